The van der Waals surface area contributed by atoms with Gasteiger partial charge in [-0.05, 0) is 42.3 Å². The molecule has 4 heteroatoms. The lowest BCUT2D eigenvalue weighted by molar-refractivity contribution is -0.152. The Hall–Kier alpha value is -3.14. The van der Waals surface area contributed by atoms with Crippen LogP contribution in [-0.2, 0) is 20.7 Å². The van der Waals surface area contributed by atoms with E-state index in [-0.39, 0.29) is 12.3 Å². The van der Waals surface area contributed by atoms with Crippen molar-refractivity contribution in [3.63, 3.8) is 0 Å². The second-order valence-electron chi connectivity index (χ2n) is 6.30. The van der Waals surface area contributed by atoms with Crippen LogP contribution in [0.3, 0.4) is 0 Å². The molecular weight excluding hydrogens is 326 g/mol. The number of hydrogen-bond donors (Lipinski definition) is 1. The van der Waals surface area contributed by atoms with Crippen LogP contribution in [0.4, 0.5) is 5.69 Å². The van der Waals surface area contributed by atoms with Gasteiger partial charge in [-0.15, -0.1) is 0 Å². The maximum atomic E-state index is 12.3. The molecule has 0 radical (unpaired) electrons. The standard InChI is InChI=1S/C22H21NO3/c1-15-10-12-19(13-11-15)23-22(25)16(2)26-21(24)14-18-8-5-7-17-6-3-4-9-20(17)18/h3-13,16H,14H2,1-2H3,(H,23,25)/t16-/m0/s1. The highest BCUT2D eigenvalue weighted by Gasteiger charge is 2.18. The summed E-state index contributed by atoms with van der Waals surface area (Å²) in [4.78, 5) is 24.5. The fourth-order valence-corrected chi connectivity index (χ4v) is 2.78. The summed E-state index contributed by atoms with van der Waals surface area (Å²) in [5.74, 6) is -0.770. The van der Waals surface area contributed by atoms with E-state index in [0.29, 0.717) is 5.69 Å². The largest absolute Gasteiger partial charge is 0.452 e. The van der Waals surface area contributed by atoms with E-state index in [4.69, 9.17) is 4.74 Å². The molecular formula is C22H21NO3. The van der Waals surface area contributed by atoms with Gasteiger partial charge in [0.15, 0.2) is 6.10 Å². The average Bonchev–Trinajstić information content (AvgIpc) is 2.64. The molecule has 0 spiro atoms. The van der Waals surface area contributed by atoms with Gasteiger partial charge in [0, 0.05) is 5.69 Å². The molecule has 0 saturated carbocycles. The van der Waals surface area contributed by atoms with Crippen LogP contribution in [0.15, 0.2) is 66.7 Å². The number of amides is 1. The molecule has 0 saturated heterocycles. The van der Waals surface area contributed by atoms with Gasteiger partial charge in [-0.1, -0.05) is 60.2 Å². The normalized spacial score (nSPS) is 11.8. The zero-order chi connectivity index (χ0) is 18.5. The molecule has 0 unspecified atom stereocenters. The van der Waals surface area contributed by atoms with Crippen LogP contribution < -0.4 is 5.32 Å². The van der Waals surface area contributed by atoms with Gasteiger partial charge < -0.3 is 10.1 Å². The molecule has 3 aromatic carbocycles. The summed E-state index contributed by atoms with van der Waals surface area (Å²) in [6.07, 6.45) is -0.734. The first-order chi connectivity index (χ1) is 12.5. The first kappa shape index (κ1) is 17.7. The summed E-state index contributed by atoms with van der Waals surface area (Å²) in [6.45, 7) is 3.55. The van der Waals surface area contributed by atoms with Crippen LogP contribution >= 0.6 is 0 Å². The van der Waals surface area contributed by atoms with E-state index in [1.54, 1.807) is 6.92 Å². The molecule has 4 nitrogen and oxygen atoms in total. The maximum Gasteiger partial charge on any atom is 0.311 e. The Morgan fingerprint density at radius 1 is 0.962 bits per heavy atom. The molecule has 132 valence electrons. The topological polar surface area (TPSA) is 55.4 Å². The Morgan fingerprint density at radius 3 is 2.42 bits per heavy atom. The Morgan fingerprint density at radius 2 is 1.65 bits per heavy atom. The molecule has 0 aliphatic carbocycles. The Kier molecular flexibility index (Phi) is 5.32. The Labute approximate surface area is 152 Å². The number of nitrogens with one attached hydrogen (secondary N) is 1. The predicted octanol–water partition coefficient (Wildman–Crippen LogP) is 4.26. The quantitative estimate of drug-likeness (QED) is 0.702. The van der Waals surface area contributed by atoms with Crippen molar-refractivity contribution in [1.82, 2.24) is 0 Å². The molecule has 3 aromatic rings. The third-order valence-corrected chi connectivity index (χ3v) is 4.21. The number of benzene rings is 3. The summed E-state index contributed by atoms with van der Waals surface area (Å²) in [6, 6.07) is 21.2. The lowest BCUT2D eigenvalue weighted by atomic mass is 10.0. The minimum atomic E-state index is -0.862. The van der Waals surface area contributed by atoms with Gasteiger partial charge in [-0.25, -0.2) is 0 Å². The first-order valence-corrected chi connectivity index (χ1v) is 8.56. The van der Waals surface area contributed by atoms with E-state index in [2.05, 4.69) is 5.32 Å². The molecule has 1 amide bonds. The minimum absolute atomic E-state index is 0.128. The van der Waals surface area contributed by atoms with E-state index in [1.807, 2.05) is 73.7 Å². The zero-order valence-electron chi connectivity index (χ0n) is 14.9. The zero-order valence-corrected chi connectivity index (χ0v) is 14.9. The van der Waals surface area contributed by atoms with E-state index < -0.39 is 12.1 Å². The van der Waals surface area contributed by atoms with Crippen molar-refractivity contribution >= 4 is 28.3 Å². The molecule has 26 heavy (non-hydrogen) atoms. The van der Waals surface area contributed by atoms with Crippen molar-refractivity contribution < 1.29 is 14.3 Å². The van der Waals surface area contributed by atoms with E-state index in [9.17, 15) is 9.59 Å². The lowest BCUT2D eigenvalue weighted by Crippen LogP contribution is -2.30. The van der Waals surface area contributed by atoms with Gasteiger partial charge in [-0.3, -0.25) is 9.59 Å². The van der Waals surface area contributed by atoms with Gasteiger partial charge in [0.1, 0.15) is 0 Å². The Bertz CT molecular complexity index is 926. The second kappa shape index (κ2) is 7.83. The van der Waals surface area contributed by atoms with Crippen molar-refractivity contribution in [1.29, 1.82) is 0 Å². The van der Waals surface area contributed by atoms with Crippen molar-refractivity contribution in [2.24, 2.45) is 0 Å². The number of aryl methyl sites for hydroxylation is 1. The van der Waals surface area contributed by atoms with Gasteiger partial charge in [0.2, 0.25) is 0 Å². The summed E-state index contributed by atoms with van der Waals surface area (Å²) in [7, 11) is 0. The van der Waals surface area contributed by atoms with E-state index >= 15 is 0 Å². The summed E-state index contributed by atoms with van der Waals surface area (Å²) in [5.41, 5.74) is 2.68. The minimum Gasteiger partial charge on any atom is -0.452 e. The molecule has 0 fully saturated rings. The Balaban J connectivity index is 1.61. The number of rotatable bonds is 5. The third-order valence-electron chi connectivity index (χ3n) is 4.21. The fraction of sp³-hybridized carbons (Fsp3) is 0.182. The van der Waals surface area contributed by atoms with Crippen LogP contribution in [-0.4, -0.2) is 18.0 Å². The average molecular weight is 347 g/mol. The number of carbonyl (C=O) groups excluding carboxylic acids is 2. The number of hydrogen-bond acceptors (Lipinski definition) is 3. The molecule has 0 aliphatic heterocycles. The monoisotopic (exact) mass is 347 g/mol. The highest BCUT2D eigenvalue weighted by molar-refractivity contribution is 5.95. The summed E-state index contributed by atoms with van der Waals surface area (Å²) < 4.78 is 5.31. The second-order valence-corrected chi connectivity index (χ2v) is 6.30. The van der Waals surface area contributed by atoms with Crippen LogP contribution in [0.25, 0.3) is 10.8 Å². The maximum absolute atomic E-state index is 12.3. The predicted molar refractivity (Wildman–Crippen MR) is 103 cm³/mol. The molecule has 0 aliphatic rings. The molecule has 1 atom stereocenters. The van der Waals surface area contributed by atoms with Crippen molar-refractivity contribution in [2.75, 3.05) is 5.32 Å². The van der Waals surface area contributed by atoms with Gasteiger partial charge in [0.05, 0.1) is 6.42 Å². The van der Waals surface area contributed by atoms with Crippen LogP contribution in [0.5, 0.6) is 0 Å². The van der Waals surface area contributed by atoms with E-state index in [0.717, 1.165) is 21.9 Å². The summed E-state index contributed by atoms with van der Waals surface area (Å²) >= 11 is 0. The highest BCUT2D eigenvalue weighted by Crippen LogP contribution is 2.19. The van der Waals surface area contributed by atoms with Crippen molar-refractivity contribution in [3.05, 3.63) is 77.9 Å². The molecule has 0 aromatic heterocycles. The SMILES string of the molecule is Cc1ccc(NC(=O)[C@H](C)OC(=O)Cc2cccc3ccccc23)cc1. The van der Waals surface area contributed by atoms with E-state index in [1.165, 1.54) is 0 Å². The first-order valence-electron chi connectivity index (χ1n) is 8.56. The van der Waals surface area contributed by atoms with Crippen LogP contribution in [0.2, 0.25) is 0 Å². The number of esters is 1. The summed E-state index contributed by atoms with van der Waals surface area (Å²) in [5, 5.41) is 4.84. The molecule has 3 rings (SSSR count). The van der Waals surface area contributed by atoms with Gasteiger partial charge in [-0.2, -0.15) is 0 Å². The lowest BCUT2D eigenvalue weighted by Gasteiger charge is -2.14. The van der Waals surface area contributed by atoms with Gasteiger partial charge in [0.25, 0.3) is 5.91 Å². The smallest absolute Gasteiger partial charge is 0.311 e. The number of anilines is 1. The van der Waals surface area contributed by atoms with Crippen molar-refractivity contribution in [2.45, 2.75) is 26.4 Å². The molecule has 0 heterocycles. The van der Waals surface area contributed by atoms with Crippen molar-refractivity contribution in [3.8, 4) is 0 Å². The number of fused-ring (bicyclic) bond motifs is 1. The van der Waals surface area contributed by atoms with Crippen LogP contribution in [0, 0.1) is 6.92 Å². The molecule has 0 bridgehead atoms. The fourth-order valence-electron chi connectivity index (χ4n) is 2.78. The third kappa shape index (κ3) is 4.28. The van der Waals surface area contributed by atoms with Gasteiger partial charge >= 0.3 is 5.97 Å². The number of carbonyl (C=O) groups is 2. The molecule has 1 N–H and O–H groups in total. The number of ether oxygens (including phenoxy) is 1. The highest BCUT2D eigenvalue weighted by atomic mass is 16.5. The van der Waals surface area contributed by atoms with Crippen LogP contribution in [0.1, 0.15) is 18.1 Å².